The van der Waals surface area contributed by atoms with Gasteiger partial charge in [-0.25, -0.2) is 0 Å². The Morgan fingerprint density at radius 3 is 2.52 bits per heavy atom. The first-order chi connectivity index (χ1) is 11.0. The van der Waals surface area contributed by atoms with Gasteiger partial charge in [-0.05, 0) is 25.1 Å². The fraction of sp³-hybridized carbons (Fsp3) is 0.250. The molecule has 1 N–H and O–H groups in total. The molecule has 0 aliphatic rings. The molecule has 1 aromatic heterocycles. The van der Waals surface area contributed by atoms with E-state index in [1.54, 1.807) is 25.1 Å². The van der Waals surface area contributed by atoms with E-state index in [2.05, 4.69) is 5.32 Å². The van der Waals surface area contributed by atoms with Crippen LogP contribution in [0.1, 0.15) is 13.0 Å². The zero-order valence-corrected chi connectivity index (χ0v) is 13.8. The molecule has 6 nitrogen and oxygen atoms in total. The van der Waals surface area contributed by atoms with Crippen LogP contribution >= 0.6 is 11.6 Å². The second-order valence-corrected chi connectivity index (χ2v) is 5.26. The number of methoxy groups -OCH3 is 2. The van der Waals surface area contributed by atoms with E-state index in [0.717, 1.165) is 0 Å². The number of ether oxygens (including phenoxy) is 2. The van der Waals surface area contributed by atoms with Crippen molar-refractivity contribution in [2.24, 2.45) is 0 Å². The van der Waals surface area contributed by atoms with Gasteiger partial charge in [0.2, 0.25) is 5.91 Å². The molecule has 0 bridgehead atoms. The third kappa shape index (κ3) is 3.84. The van der Waals surface area contributed by atoms with Crippen LogP contribution in [0.15, 0.2) is 41.3 Å². The Bertz CT molecular complexity index is 773. The number of hydrogen-bond donors (Lipinski definition) is 1. The second kappa shape index (κ2) is 7.19. The summed E-state index contributed by atoms with van der Waals surface area (Å²) in [5.41, 5.74) is 0.235. The molecule has 2 aromatic rings. The predicted octanol–water partition coefficient (Wildman–Crippen LogP) is 2.72. The van der Waals surface area contributed by atoms with Crippen LogP contribution in [-0.2, 0) is 4.79 Å². The van der Waals surface area contributed by atoms with Crippen molar-refractivity contribution < 1.29 is 14.3 Å². The second-order valence-electron chi connectivity index (χ2n) is 4.83. The number of nitrogens with one attached hydrogen (secondary N) is 1. The summed E-state index contributed by atoms with van der Waals surface area (Å²) in [4.78, 5) is 24.2. The van der Waals surface area contributed by atoms with Gasteiger partial charge in [-0.15, -0.1) is 0 Å². The van der Waals surface area contributed by atoms with Crippen LogP contribution < -0.4 is 20.3 Å². The van der Waals surface area contributed by atoms with Crippen LogP contribution in [-0.4, -0.2) is 24.7 Å². The molecule has 1 aromatic carbocycles. The Kier molecular flexibility index (Phi) is 5.28. The lowest BCUT2D eigenvalue weighted by Gasteiger charge is -2.16. The number of benzene rings is 1. The number of rotatable bonds is 5. The first kappa shape index (κ1) is 16.9. The Labute approximate surface area is 138 Å². The number of aromatic nitrogens is 1. The van der Waals surface area contributed by atoms with E-state index in [9.17, 15) is 9.59 Å². The lowest BCUT2D eigenvalue weighted by molar-refractivity contribution is -0.118. The molecular weight excluding hydrogens is 320 g/mol. The van der Waals surface area contributed by atoms with Gasteiger partial charge >= 0.3 is 0 Å². The number of nitrogens with zero attached hydrogens (tertiary/aromatic N) is 1. The highest BCUT2D eigenvalue weighted by Crippen LogP contribution is 2.30. The largest absolute Gasteiger partial charge is 0.493 e. The van der Waals surface area contributed by atoms with Gasteiger partial charge in [0.05, 0.1) is 19.2 Å². The molecule has 0 saturated heterocycles. The Balaban J connectivity index is 2.21. The predicted molar refractivity (Wildman–Crippen MR) is 88.6 cm³/mol. The average Bonchev–Trinajstić information content (AvgIpc) is 2.56. The van der Waals surface area contributed by atoms with E-state index in [4.69, 9.17) is 21.1 Å². The number of anilines is 1. The molecule has 0 spiro atoms. The van der Waals surface area contributed by atoms with E-state index in [1.165, 1.54) is 37.1 Å². The molecule has 1 heterocycles. The van der Waals surface area contributed by atoms with Gasteiger partial charge < -0.3 is 19.4 Å². The molecule has 1 amide bonds. The van der Waals surface area contributed by atoms with Crippen molar-refractivity contribution in [1.29, 1.82) is 0 Å². The van der Waals surface area contributed by atoms with Crippen LogP contribution in [0.25, 0.3) is 0 Å². The summed E-state index contributed by atoms with van der Waals surface area (Å²) in [6.45, 7) is 1.62. The highest BCUT2D eigenvalue weighted by Gasteiger charge is 2.17. The standard InChI is InChI=1S/C16H17ClN2O4/c1-10(19-9-11(17)4-7-15(19)20)16(21)18-12-5-6-13(22-2)14(8-12)23-3/h4-10H,1-3H3,(H,18,21). The molecule has 0 fully saturated rings. The molecule has 7 heteroatoms. The summed E-state index contributed by atoms with van der Waals surface area (Å²) < 4.78 is 11.6. The van der Waals surface area contributed by atoms with Gasteiger partial charge in [0, 0.05) is 24.0 Å². The van der Waals surface area contributed by atoms with Gasteiger partial charge in [-0.3, -0.25) is 9.59 Å². The van der Waals surface area contributed by atoms with E-state index in [-0.39, 0.29) is 11.5 Å². The van der Waals surface area contributed by atoms with E-state index in [1.807, 2.05) is 0 Å². The van der Waals surface area contributed by atoms with Crippen molar-refractivity contribution in [3.05, 3.63) is 51.9 Å². The summed E-state index contributed by atoms with van der Waals surface area (Å²) in [7, 11) is 3.04. The highest BCUT2D eigenvalue weighted by atomic mass is 35.5. The first-order valence-corrected chi connectivity index (χ1v) is 7.24. The maximum absolute atomic E-state index is 12.3. The molecule has 0 saturated carbocycles. The van der Waals surface area contributed by atoms with Gasteiger partial charge in [0.1, 0.15) is 6.04 Å². The Morgan fingerprint density at radius 2 is 1.87 bits per heavy atom. The zero-order valence-electron chi connectivity index (χ0n) is 13.0. The third-order valence-corrected chi connectivity index (χ3v) is 3.57. The number of carbonyl (C=O) groups is 1. The summed E-state index contributed by atoms with van der Waals surface area (Å²) in [6.07, 6.45) is 1.43. The molecule has 0 aliphatic heterocycles. The summed E-state index contributed by atoms with van der Waals surface area (Å²) >= 11 is 5.88. The molecule has 1 unspecified atom stereocenters. The van der Waals surface area contributed by atoms with Crippen LogP contribution in [0.5, 0.6) is 11.5 Å². The number of carbonyl (C=O) groups excluding carboxylic acids is 1. The fourth-order valence-corrected chi connectivity index (χ4v) is 2.23. The molecule has 1 atom stereocenters. The molecule has 0 radical (unpaired) electrons. The number of halogens is 1. The van der Waals surface area contributed by atoms with Crippen molar-refractivity contribution in [2.75, 3.05) is 19.5 Å². The number of hydrogen-bond acceptors (Lipinski definition) is 4. The first-order valence-electron chi connectivity index (χ1n) is 6.87. The zero-order chi connectivity index (χ0) is 17.0. The minimum Gasteiger partial charge on any atom is -0.493 e. The number of amides is 1. The van der Waals surface area contributed by atoms with Gasteiger partial charge in [-0.2, -0.15) is 0 Å². The quantitative estimate of drug-likeness (QED) is 0.911. The summed E-state index contributed by atoms with van der Waals surface area (Å²) in [5.74, 6) is 0.712. The monoisotopic (exact) mass is 336 g/mol. The van der Waals surface area contributed by atoms with Crippen molar-refractivity contribution in [3.63, 3.8) is 0 Å². The third-order valence-electron chi connectivity index (χ3n) is 3.35. The van der Waals surface area contributed by atoms with Crippen molar-refractivity contribution in [3.8, 4) is 11.5 Å². The van der Waals surface area contributed by atoms with Crippen molar-refractivity contribution in [1.82, 2.24) is 4.57 Å². The lowest BCUT2D eigenvalue weighted by Crippen LogP contribution is -2.30. The Hall–Kier alpha value is -2.47. The minimum atomic E-state index is -0.714. The summed E-state index contributed by atoms with van der Waals surface area (Å²) in [5, 5.41) is 3.12. The van der Waals surface area contributed by atoms with Crippen molar-refractivity contribution >= 4 is 23.2 Å². The molecule has 2 rings (SSSR count). The van der Waals surface area contributed by atoms with Crippen LogP contribution in [0, 0.1) is 0 Å². The fourth-order valence-electron chi connectivity index (χ4n) is 2.07. The van der Waals surface area contributed by atoms with E-state index >= 15 is 0 Å². The van der Waals surface area contributed by atoms with Crippen LogP contribution in [0.3, 0.4) is 0 Å². The van der Waals surface area contributed by atoms with E-state index < -0.39 is 6.04 Å². The maximum Gasteiger partial charge on any atom is 0.251 e. The molecule has 23 heavy (non-hydrogen) atoms. The van der Waals surface area contributed by atoms with Gasteiger partial charge in [0.15, 0.2) is 11.5 Å². The average molecular weight is 337 g/mol. The molecule has 122 valence electrons. The normalized spacial score (nSPS) is 11.7. The lowest BCUT2D eigenvalue weighted by atomic mass is 10.2. The van der Waals surface area contributed by atoms with Gasteiger partial charge in [-0.1, -0.05) is 11.6 Å². The van der Waals surface area contributed by atoms with Crippen LogP contribution in [0.2, 0.25) is 5.02 Å². The van der Waals surface area contributed by atoms with E-state index in [0.29, 0.717) is 22.2 Å². The summed E-state index contributed by atoms with van der Waals surface area (Å²) in [6, 6.07) is 7.11. The Morgan fingerprint density at radius 1 is 1.17 bits per heavy atom. The number of pyridine rings is 1. The maximum atomic E-state index is 12.3. The minimum absolute atomic E-state index is 0.302. The molecule has 0 aliphatic carbocycles. The smallest absolute Gasteiger partial charge is 0.251 e. The molecular formula is C16H17ClN2O4. The van der Waals surface area contributed by atoms with Crippen LogP contribution in [0.4, 0.5) is 5.69 Å². The highest BCUT2D eigenvalue weighted by molar-refractivity contribution is 6.30. The topological polar surface area (TPSA) is 69.6 Å². The SMILES string of the molecule is COc1ccc(NC(=O)C(C)n2cc(Cl)ccc2=O)cc1OC. The van der Waals surface area contributed by atoms with Gasteiger partial charge in [0.25, 0.3) is 5.56 Å². The van der Waals surface area contributed by atoms with Crippen molar-refractivity contribution in [2.45, 2.75) is 13.0 Å².